The summed E-state index contributed by atoms with van der Waals surface area (Å²) in [7, 11) is 0. The molecule has 0 bridgehead atoms. The largest absolute Gasteiger partial charge is 0.467 e. The van der Waals surface area contributed by atoms with Gasteiger partial charge in [0.05, 0.1) is 12.8 Å². The lowest BCUT2D eigenvalue weighted by atomic mass is 10.1. The van der Waals surface area contributed by atoms with Crippen molar-refractivity contribution in [3.05, 3.63) is 46.9 Å². The predicted molar refractivity (Wildman–Crippen MR) is 93.5 cm³/mol. The molecule has 1 fully saturated rings. The lowest BCUT2D eigenvalue weighted by Gasteiger charge is -2.32. The second kappa shape index (κ2) is 7.87. The van der Waals surface area contributed by atoms with Gasteiger partial charge >= 0.3 is 6.03 Å². The third-order valence-corrected chi connectivity index (χ3v) is 4.37. The van der Waals surface area contributed by atoms with Crippen LogP contribution in [0, 0.1) is 0 Å². The fourth-order valence-corrected chi connectivity index (χ4v) is 2.95. The molecule has 0 aromatic carbocycles. The van der Waals surface area contributed by atoms with Gasteiger partial charge in [0.25, 0.3) is 5.56 Å². The average molecular weight is 345 g/mol. The Hall–Kier alpha value is -2.77. The predicted octanol–water partition coefficient (Wildman–Crippen LogP) is 1.32. The van der Waals surface area contributed by atoms with E-state index in [0.717, 1.165) is 12.8 Å². The highest BCUT2D eigenvalue weighted by molar-refractivity contribution is 5.74. The van der Waals surface area contributed by atoms with Crippen molar-refractivity contribution >= 4 is 11.8 Å². The summed E-state index contributed by atoms with van der Waals surface area (Å²) < 4.78 is 6.83. The first-order valence-corrected chi connectivity index (χ1v) is 8.54. The second-order valence-corrected chi connectivity index (χ2v) is 6.01. The summed E-state index contributed by atoms with van der Waals surface area (Å²) in [5, 5.41) is 5.74. The van der Waals surface area contributed by atoms with E-state index in [2.05, 4.69) is 15.6 Å². The molecule has 3 heterocycles. The topological polar surface area (TPSA) is 92.4 Å². The SMILES string of the molecule is CCn1ccnc(N2CCC(NC(=O)NCc3ccco3)CC2)c1=O. The Morgan fingerprint density at radius 2 is 2.20 bits per heavy atom. The quantitative estimate of drug-likeness (QED) is 0.853. The van der Waals surface area contributed by atoms with Crippen molar-refractivity contribution < 1.29 is 9.21 Å². The normalized spacial score (nSPS) is 15.2. The van der Waals surface area contributed by atoms with Gasteiger partial charge in [0.1, 0.15) is 5.76 Å². The number of carbonyl (C=O) groups is 1. The van der Waals surface area contributed by atoms with E-state index in [1.807, 2.05) is 17.9 Å². The molecule has 2 amide bonds. The number of amides is 2. The fourth-order valence-electron chi connectivity index (χ4n) is 2.95. The zero-order chi connectivity index (χ0) is 17.6. The molecule has 0 radical (unpaired) electrons. The van der Waals surface area contributed by atoms with Crippen LogP contribution in [0.25, 0.3) is 0 Å². The van der Waals surface area contributed by atoms with Gasteiger partial charge in [0.2, 0.25) is 0 Å². The van der Waals surface area contributed by atoms with Gasteiger partial charge in [0, 0.05) is 38.1 Å². The Morgan fingerprint density at radius 1 is 1.40 bits per heavy atom. The van der Waals surface area contributed by atoms with Crippen molar-refractivity contribution in [1.82, 2.24) is 20.2 Å². The van der Waals surface area contributed by atoms with Crippen LogP contribution in [0.3, 0.4) is 0 Å². The van der Waals surface area contributed by atoms with Crippen molar-refractivity contribution in [2.75, 3.05) is 18.0 Å². The molecule has 0 saturated carbocycles. The van der Waals surface area contributed by atoms with Crippen molar-refractivity contribution in [3.8, 4) is 0 Å². The number of hydrogen-bond donors (Lipinski definition) is 2. The summed E-state index contributed by atoms with van der Waals surface area (Å²) in [5.74, 6) is 1.21. The number of carbonyl (C=O) groups excluding carboxylic acids is 1. The number of nitrogens with one attached hydrogen (secondary N) is 2. The minimum absolute atomic E-state index is 0.0624. The number of aromatic nitrogens is 2. The maximum atomic E-state index is 12.3. The molecule has 134 valence electrons. The molecule has 2 aromatic rings. The van der Waals surface area contributed by atoms with Crippen LogP contribution in [0.2, 0.25) is 0 Å². The highest BCUT2D eigenvalue weighted by Gasteiger charge is 2.23. The van der Waals surface area contributed by atoms with Crippen LogP contribution < -0.4 is 21.1 Å². The minimum Gasteiger partial charge on any atom is -0.467 e. The molecule has 2 aromatic heterocycles. The number of hydrogen-bond acceptors (Lipinski definition) is 5. The molecule has 1 saturated heterocycles. The van der Waals surface area contributed by atoms with Crippen molar-refractivity contribution in [3.63, 3.8) is 0 Å². The zero-order valence-corrected chi connectivity index (χ0v) is 14.3. The molecule has 0 unspecified atom stereocenters. The number of nitrogens with zero attached hydrogens (tertiary/aromatic N) is 3. The van der Waals surface area contributed by atoms with E-state index in [-0.39, 0.29) is 17.6 Å². The lowest BCUT2D eigenvalue weighted by Crippen LogP contribution is -2.49. The molecule has 2 N–H and O–H groups in total. The Morgan fingerprint density at radius 3 is 2.88 bits per heavy atom. The van der Waals surface area contributed by atoms with Gasteiger partial charge in [-0.3, -0.25) is 4.79 Å². The third-order valence-electron chi connectivity index (χ3n) is 4.37. The summed E-state index contributed by atoms with van der Waals surface area (Å²) in [6, 6.07) is 3.48. The first-order valence-electron chi connectivity index (χ1n) is 8.54. The maximum absolute atomic E-state index is 12.3. The molecule has 8 heteroatoms. The molecule has 3 rings (SSSR count). The first kappa shape index (κ1) is 17.1. The van der Waals surface area contributed by atoms with Crippen LogP contribution in [-0.4, -0.2) is 34.7 Å². The van der Waals surface area contributed by atoms with Crippen molar-refractivity contribution in [1.29, 1.82) is 0 Å². The summed E-state index contributed by atoms with van der Waals surface area (Å²) in [5.41, 5.74) is -0.0624. The summed E-state index contributed by atoms with van der Waals surface area (Å²) in [6.07, 6.45) is 6.48. The maximum Gasteiger partial charge on any atom is 0.315 e. The van der Waals surface area contributed by atoms with Gasteiger partial charge in [0.15, 0.2) is 5.82 Å². The van der Waals surface area contributed by atoms with Crippen molar-refractivity contribution in [2.45, 2.75) is 38.9 Å². The molecule has 25 heavy (non-hydrogen) atoms. The van der Waals surface area contributed by atoms with Crippen LogP contribution >= 0.6 is 0 Å². The smallest absolute Gasteiger partial charge is 0.315 e. The fraction of sp³-hybridized carbons (Fsp3) is 0.471. The number of piperidine rings is 1. The van der Waals surface area contributed by atoms with Gasteiger partial charge in [-0.25, -0.2) is 9.78 Å². The Bertz CT molecular complexity index is 748. The van der Waals surface area contributed by atoms with E-state index >= 15 is 0 Å². The van der Waals surface area contributed by atoms with Gasteiger partial charge < -0.3 is 24.5 Å². The summed E-state index contributed by atoms with van der Waals surface area (Å²) in [4.78, 5) is 30.5. The average Bonchev–Trinajstić information content (AvgIpc) is 3.15. The summed E-state index contributed by atoms with van der Waals surface area (Å²) in [6.45, 7) is 4.31. The summed E-state index contributed by atoms with van der Waals surface area (Å²) >= 11 is 0. The highest BCUT2D eigenvalue weighted by Crippen LogP contribution is 2.14. The number of furan rings is 1. The molecule has 0 aliphatic carbocycles. The minimum atomic E-state index is -0.207. The van der Waals surface area contributed by atoms with Gasteiger partial charge in [-0.05, 0) is 31.9 Å². The number of anilines is 1. The molecule has 0 spiro atoms. The molecule has 8 nitrogen and oxygen atoms in total. The number of urea groups is 1. The molecule has 1 aliphatic rings. The van der Waals surface area contributed by atoms with E-state index in [9.17, 15) is 9.59 Å². The van der Waals surface area contributed by atoms with Crippen molar-refractivity contribution in [2.24, 2.45) is 0 Å². The molecule has 0 atom stereocenters. The van der Waals surface area contributed by atoms with Crippen LogP contribution in [-0.2, 0) is 13.1 Å². The Balaban J connectivity index is 1.48. The molecule has 1 aliphatic heterocycles. The third kappa shape index (κ3) is 4.20. The van der Waals surface area contributed by atoms with Crippen LogP contribution in [0.5, 0.6) is 0 Å². The first-order chi connectivity index (χ1) is 12.2. The number of rotatable bonds is 5. The Labute approximate surface area is 145 Å². The second-order valence-electron chi connectivity index (χ2n) is 6.01. The van der Waals surface area contributed by atoms with Crippen LogP contribution in [0.15, 0.2) is 40.0 Å². The zero-order valence-electron chi connectivity index (χ0n) is 14.3. The highest BCUT2D eigenvalue weighted by atomic mass is 16.3. The standard InChI is InChI=1S/C17H23N5O3/c1-2-21-10-7-18-15(16(21)23)22-8-5-13(6-9-22)20-17(24)19-12-14-4-3-11-25-14/h3-4,7,10-11,13H,2,5-6,8-9,12H2,1H3,(H2,19,20,24). The monoisotopic (exact) mass is 345 g/mol. The van der Waals surface area contributed by atoms with Gasteiger partial charge in [-0.15, -0.1) is 0 Å². The van der Waals surface area contributed by atoms with Crippen LogP contribution in [0.4, 0.5) is 10.6 Å². The van der Waals surface area contributed by atoms with Crippen LogP contribution in [0.1, 0.15) is 25.5 Å². The van der Waals surface area contributed by atoms with Gasteiger partial charge in [-0.1, -0.05) is 0 Å². The molecular weight excluding hydrogens is 322 g/mol. The number of aryl methyl sites for hydroxylation is 1. The van der Waals surface area contributed by atoms with E-state index in [1.165, 1.54) is 0 Å². The molecular formula is C17H23N5O3. The van der Waals surface area contributed by atoms with E-state index in [0.29, 0.717) is 37.8 Å². The van der Waals surface area contributed by atoms with E-state index in [1.54, 1.807) is 29.3 Å². The van der Waals surface area contributed by atoms with E-state index < -0.39 is 0 Å². The van der Waals surface area contributed by atoms with E-state index in [4.69, 9.17) is 4.42 Å². The lowest BCUT2D eigenvalue weighted by molar-refractivity contribution is 0.233. The van der Waals surface area contributed by atoms with Gasteiger partial charge in [-0.2, -0.15) is 0 Å². The Kier molecular flexibility index (Phi) is 5.37.